The molecule has 0 radical (unpaired) electrons. The highest BCUT2D eigenvalue weighted by Crippen LogP contribution is 2.23. The molecule has 88 valence electrons. The summed E-state index contributed by atoms with van der Waals surface area (Å²) in [5.74, 6) is -0.930. The van der Waals surface area contributed by atoms with Crippen LogP contribution in [0.2, 0.25) is 0 Å². The number of hydrogen-bond donors (Lipinski definition) is 4. The Labute approximate surface area is 96.1 Å². The normalized spacial score (nSPS) is 12.4. The first kappa shape index (κ1) is 12.8. The van der Waals surface area contributed by atoms with Gasteiger partial charge < -0.3 is 21.1 Å². The number of carbonyl (C=O) groups is 1. The summed E-state index contributed by atoms with van der Waals surface area (Å²) in [5.41, 5.74) is 5.84. The molecule has 0 aliphatic rings. The van der Waals surface area contributed by atoms with E-state index in [0.717, 1.165) is 11.8 Å². The van der Waals surface area contributed by atoms with Gasteiger partial charge in [0.15, 0.2) is 0 Å². The van der Waals surface area contributed by atoms with Gasteiger partial charge in [-0.3, -0.25) is 0 Å². The second-order valence-electron chi connectivity index (χ2n) is 3.04. The van der Waals surface area contributed by atoms with Gasteiger partial charge in [-0.25, -0.2) is 9.78 Å². The van der Waals surface area contributed by atoms with Crippen LogP contribution < -0.4 is 5.73 Å². The number of hydrogen-bond acceptors (Lipinski definition) is 6. The van der Waals surface area contributed by atoms with Gasteiger partial charge in [0.05, 0.1) is 18.4 Å². The standard InChI is InChI=1S/C9H12N2O4S/c10-6-1-2-7(9(14)15)11-8(6)16-4-5(13)3-12/h1-2,5,12-13H,3-4,10H2,(H,14,15). The van der Waals surface area contributed by atoms with Gasteiger partial charge >= 0.3 is 5.97 Å². The van der Waals surface area contributed by atoms with E-state index in [0.29, 0.717) is 10.7 Å². The minimum absolute atomic E-state index is 0.102. The third kappa shape index (κ3) is 3.37. The number of aliphatic hydroxyl groups excluding tert-OH is 2. The van der Waals surface area contributed by atoms with Crippen LogP contribution in [0.3, 0.4) is 0 Å². The SMILES string of the molecule is Nc1ccc(C(=O)O)nc1SCC(O)CO. The zero-order chi connectivity index (χ0) is 12.1. The zero-order valence-electron chi connectivity index (χ0n) is 8.33. The molecule has 1 aromatic heterocycles. The molecule has 0 aliphatic heterocycles. The molecule has 1 unspecified atom stereocenters. The zero-order valence-corrected chi connectivity index (χ0v) is 9.15. The third-order valence-corrected chi connectivity index (χ3v) is 2.88. The molecule has 1 rings (SSSR count). The van der Waals surface area contributed by atoms with Crippen LogP contribution in [0.25, 0.3) is 0 Å². The number of pyridine rings is 1. The molecule has 0 saturated carbocycles. The molecule has 1 heterocycles. The maximum Gasteiger partial charge on any atom is 0.354 e. The van der Waals surface area contributed by atoms with Crippen LogP contribution in [0, 0.1) is 0 Å². The maximum atomic E-state index is 10.7. The first-order chi connectivity index (χ1) is 7.54. The summed E-state index contributed by atoms with van der Waals surface area (Å²) in [7, 11) is 0. The number of thioether (sulfide) groups is 1. The Kier molecular flexibility index (Phi) is 4.53. The quantitative estimate of drug-likeness (QED) is 0.530. The molecular weight excluding hydrogens is 232 g/mol. The minimum Gasteiger partial charge on any atom is -0.477 e. The highest BCUT2D eigenvalue weighted by Gasteiger charge is 2.11. The van der Waals surface area contributed by atoms with Crippen molar-refractivity contribution in [1.82, 2.24) is 4.98 Å². The van der Waals surface area contributed by atoms with Crippen molar-refractivity contribution < 1.29 is 20.1 Å². The Morgan fingerprint density at radius 2 is 2.25 bits per heavy atom. The second-order valence-corrected chi connectivity index (χ2v) is 4.05. The molecular formula is C9H12N2O4S. The Morgan fingerprint density at radius 3 is 2.81 bits per heavy atom. The largest absolute Gasteiger partial charge is 0.477 e. The molecule has 1 atom stereocenters. The van der Waals surface area contributed by atoms with Gasteiger partial charge in [0.25, 0.3) is 0 Å². The number of nitrogens with zero attached hydrogens (tertiary/aromatic N) is 1. The van der Waals surface area contributed by atoms with Crippen molar-refractivity contribution >= 4 is 23.4 Å². The first-order valence-corrected chi connectivity index (χ1v) is 5.44. The van der Waals surface area contributed by atoms with E-state index in [-0.39, 0.29) is 18.1 Å². The summed E-state index contributed by atoms with van der Waals surface area (Å²) < 4.78 is 0. The summed E-state index contributed by atoms with van der Waals surface area (Å²) in [6.45, 7) is -0.356. The van der Waals surface area contributed by atoms with E-state index in [2.05, 4.69) is 4.98 Å². The van der Waals surface area contributed by atoms with E-state index in [1.165, 1.54) is 12.1 Å². The van der Waals surface area contributed by atoms with E-state index in [9.17, 15) is 4.79 Å². The first-order valence-electron chi connectivity index (χ1n) is 4.46. The number of nitrogens with two attached hydrogens (primary N) is 1. The fourth-order valence-corrected chi connectivity index (χ4v) is 1.77. The van der Waals surface area contributed by atoms with Gasteiger partial charge in [0.2, 0.25) is 0 Å². The molecule has 7 heteroatoms. The number of carboxylic acid groups (broad SMARTS) is 1. The number of aliphatic hydroxyl groups is 2. The maximum absolute atomic E-state index is 10.7. The van der Waals surface area contributed by atoms with Crippen LogP contribution in [-0.4, -0.2) is 44.7 Å². The van der Waals surface area contributed by atoms with E-state index in [1.807, 2.05) is 0 Å². The third-order valence-electron chi connectivity index (χ3n) is 1.73. The Bertz CT molecular complexity index is 386. The van der Waals surface area contributed by atoms with Gasteiger partial charge in [0.1, 0.15) is 10.7 Å². The lowest BCUT2D eigenvalue weighted by Crippen LogP contribution is -2.15. The monoisotopic (exact) mass is 244 g/mol. The highest BCUT2D eigenvalue weighted by atomic mass is 32.2. The summed E-state index contributed by atoms with van der Waals surface area (Å²) in [6.07, 6.45) is -0.875. The molecule has 1 aromatic rings. The van der Waals surface area contributed by atoms with Crippen molar-refractivity contribution in [2.24, 2.45) is 0 Å². The predicted molar refractivity (Wildman–Crippen MR) is 59.4 cm³/mol. The number of aromatic carboxylic acids is 1. The number of anilines is 1. The Morgan fingerprint density at radius 1 is 1.56 bits per heavy atom. The second kappa shape index (κ2) is 5.69. The summed E-state index contributed by atoms with van der Waals surface area (Å²) in [5, 5.41) is 26.8. The van der Waals surface area contributed by atoms with E-state index in [1.54, 1.807) is 0 Å². The van der Waals surface area contributed by atoms with Crippen molar-refractivity contribution in [3.05, 3.63) is 17.8 Å². The summed E-state index contributed by atoms with van der Waals surface area (Å²) in [6, 6.07) is 2.76. The van der Waals surface area contributed by atoms with Gasteiger partial charge in [-0.1, -0.05) is 0 Å². The lowest BCUT2D eigenvalue weighted by atomic mass is 10.3. The summed E-state index contributed by atoms with van der Waals surface area (Å²) in [4.78, 5) is 14.5. The van der Waals surface area contributed by atoms with Crippen molar-refractivity contribution in [2.45, 2.75) is 11.1 Å². The molecule has 0 saturated heterocycles. The number of rotatable bonds is 5. The van der Waals surface area contributed by atoms with Crippen molar-refractivity contribution in [3.63, 3.8) is 0 Å². The van der Waals surface area contributed by atoms with Gasteiger partial charge in [-0.2, -0.15) is 0 Å². The van der Waals surface area contributed by atoms with Gasteiger partial charge in [-0.15, -0.1) is 11.8 Å². The topological polar surface area (TPSA) is 117 Å². The Balaban J connectivity index is 2.78. The van der Waals surface area contributed by atoms with E-state index >= 15 is 0 Å². The van der Waals surface area contributed by atoms with Gasteiger partial charge in [-0.05, 0) is 12.1 Å². The summed E-state index contributed by atoms with van der Waals surface area (Å²) >= 11 is 1.10. The smallest absolute Gasteiger partial charge is 0.354 e. The molecule has 0 aliphatic carbocycles. The molecule has 0 amide bonds. The molecule has 0 aromatic carbocycles. The predicted octanol–water partition coefficient (Wildman–Crippen LogP) is -0.193. The van der Waals surface area contributed by atoms with E-state index in [4.69, 9.17) is 21.1 Å². The molecule has 0 spiro atoms. The minimum atomic E-state index is -1.13. The Hall–Kier alpha value is -1.31. The van der Waals surface area contributed by atoms with Crippen molar-refractivity contribution in [1.29, 1.82) is 0 Å². The molecule has 6 nitrogen and oxygen atoms in total. The van der Waals surface area contributed by atoms with Crippen LogP contribution >= 0.6 is 11.8 Å². The van der Waals surface area contributed by atoms with Crippen LogP contribution in [0.5, 0.6) is 0 Å². The van der Waals surface area contributed by atoms with Crippen LogP contribution in [0.4, 0.5) is 5.69 Å². The molecule has 0 fully saturated rings. The van der Waals surface area contributed by atoms with Crippen LogP contribution in [0.1, 0.15) is 10.5 Å². The van der Waals surface area contributed by atoms with E-state index < -0.39 is 12.1 Å². The average molecular weight is 244 g/mol. The average Bonchev–Trinajstić information content (AvgIpc) is 2.27. The van der Waals surface area contributed by atoms with Crippen LogP contribution in [-0.2, 0) is 0 Å². The lowest BCUT2D eigenvalue weighted by molar-refractivity contribution is 0.0690. The number of nitrogen functional groups attached to an aromatic ring is 1. The molecule has 5 N–H and O–H groups in total. The highest BCUT2D eigenvalue weighted by molar-refractivity contribution is 7.99. The van der Waals surface area contributed by atoms with Crippen LogP contribution in [0.15, 0.2) is 17.2 Å². The fraction of sp³-hybridized carbons (Fsp3) is 0.333. The number of aromatic nitrogens is 1. The van der Waals surface area contributed by atoms with Gasteiger partial charge in [0, 0.05) is 5.75 Å². The number of carboxylic acids is 1. The lowest BCUT2D eigenvalue weighted by Gasteiger charge is -2.08. The molecule has 0 bridgehead atoms. The fourth-order valence-electron chi connectivity index (χ4n) is 0.914. The molecule has 16 heavy (non-hydrogen) atoms. The van der Waals surface area contributed by atoms with Crippen molar-refractivity contribution in [2.75, 3.05) is 18.1 Å². The van der Waals surface area contributed by atoms with Crippen molar-refractivity contribution in [3.8, 4) is 0 Å².